The Kier molecular flexibility index (Phi) is 4.83. The summed E-state index contributed by atoms with van der Waals surface area (Å²) in [7, 11) is 0. The van der Waals surface area contributed by atoms with Crippen molar-refractivity contribution in [1.82, 2.24) is 20.0 Å². The van der Waals surface area contributed by atoms with Gasteiger partial charge in [-0.15, -0.1) is 0 Å². The molecule has 30 heavy (non-hydrogen) atoms. The zero-order valence-electron chi connectivity index (χ0n) is 16.5. The number of hydrogen-bond donors (Lipinski definition) is 0. The van der Waals surface area contributed by atoms with Gasteiger partial charge in [0.25, 0.3) is 5.71 Å². The van der Waals surface area contributed by atoms with Gasteiger partial charge in [0, 0.05) is 32.7 Å². The fraction of sp³-hybridized carbons (Fsp3) is 0.400. The number of nitrogens with zero attached hydrogens (tertiary/aromatic N) is 5. The molecule has 0 amide bonds. The van der Waals surface area contributed by atoms with Crippen LogP contribution in [0.25, 0.3) is 11.1 Å². The van der Waals surface area contributed by atoms with Crippen LogP contribution >= 0.6 is 0 Å². The van der Waals surface area contributed by atoms with E-state index < -0.39 is 5.97 Å². The molecule has 1 aromatic carbocycles. The van der Waals surface area contributed by atoms with E-state index in [-0.39, 0.29) is 24.8 Å². The Morgan fingerprint density at radius 1 is 1.13 bits per heavy atom. The molecule has 0 bridgehead atoms. The smallest absolute Gasteiger partial charge is 0.361 e. The van der Waals surface area contributed by atoms with Gasteiger partial charge in [0.1, 0.15) is 17.5 Å². The van der Waals surface area contributed by atoms with Gasteiger partial charge in [0.2, 0.25) is 12.5 Å². The van der Waals surface area contributed by atoms with E-state index in [0.717, 1.165) is 44.2 Å². The number of hydrogen-bond acceptors (Lipinski definition) is 10. The second-order valence-electron chi connectivity index (χ2n) is 7.08. The maximum Gasteiger partial charge on any atom is 0.361 e. The molecule has 0 unspecified atom stereocenters. The Hall–Kier alpha value is -3.40. The molecule has 2 aliphatic heterocycles. The van der Waals surface area contributed by atoms with Crippen molar-refractivity contribution in [3.8, 4) is 11.5 Å². The summed E-state index contributed by atoms with van der Waals surface area (Å²) >= 11 is 0. The highest BCUT2D eigenvalue weighted by Gasteiger charge is 2.27. The average molecular weight is 411 g/mol. The van der Waals surface area contributed by atoms with Gasteiger partial charge in [-0.25, -0.2) is 9.78 Å². The predicted octanol–water partition coefficient (Wildman–Crippen LogP) is 1.85. The van der Waals surface area contributed by atoms with E-state index in [1.54, 1.807) is 6.92 Å². The van der Waals surface area contributed by atoms with Crippen molar-refractivity contribution in [3.63, 3.8) is 0 Å². The van der Waals surface area contributed by atoms with Crippen LogP contribution in [0, 0.1) is 0 Å². The second-order valence-corrected chi connectivity index (χ2v) is 7.08. The molecule has 0 radical (unpaired) electrons. The third-order valence-corrected chi connectivity index (χ3v) is 5.24. The molecule has 5 rings (SSSR count). The molecule has 0 N–H and O–H groups in total. The first-order valence-electron chi connectivity index (χ1n) is 9.86. The summed E-state index contributed by atoms with van der Waals surface area (Å²) in [6.07, 6.45) is 1.43. The summed E-state index contributed by atoms with van der Waals surface area (Å²) in [5.41, 5.74) is 1.58. The number of ether oxygens (including phenoxy) is 3. The number of esters is 1. The molecule has 2 aliphatic rings. The number of anilines is 1. The number of aromatic nitrogens is 3. The van der Waals surface area contributed by atoms with Crippen LogP contribution in [0.4, 0.5) is 5.82 Å². The molecule has 0 saturated carbocycles. The highest BCUT2D eigenvalue weighted by atomic mass is 16.7. The molecular weight excluding hydrogens is 390 g/mol. The maximum atomic E-state index is 12.2. The van der Waals surface area contributed by atoms with Gasteiger partial charge in [-0.2, -0.15) is 4.98 Å². The maximum absolute atomic E-state index is 12.2. The SMILES string of the molecule is CCOC(=O)c1noc2ncnc(N3CCN(Cc4ccc5c(c4)OCO5)CC3)c12. The van der Waals surface area contributed by atoms with Crippen molar-refractivity contribution < 1.29 is 23.5 Å². The Bertz CT molecular complexity index is 1080. The molecule has 1 saturated heterocycles. The molecule has 0 atom stereocenters. The molecular formula is C20H21N5O5. The van der Waals surface area contributed by atoms with E-state index in [0.29, 0.717) is 11.2 Å². The van der Waals surface area contributed by atoms with Crippen LogP contribution < -0.4 is 14.4 Å². The van der Waals surface area contributed by atoms with Gasteiger partial charge >= 0.3 is 5.97 Å². The van der Waals surface area contributed by atoms with Crippen LogP contribution in [0.3, 0.4) is 0 Å². The Morgan fingerprint density at radius 3 is 2.80 bits per heavy atom. The Balaban J connectivity index is 1.30. The first-order chi connectivity index (χ1) is 14.7. The number of carbonyl (C=O) groups excluding carboxylic acids is 1. The third kappa shape index (κ3) is 3.39. The first-order valence-corrected chi connectivity index (χ1v) is 9.86. The molecule has 0 aliphatic carbocycles. The molecule has 156 valence electrons. The highest BCUT2D eigenvalue weighted by Crippen LogP contribution is 2.33. The van der Waals surface area contributed by atoms with Crippen molar-refractivity contribution in [1.29, 1.82) is 0 Å². The second kappa shape index (κ2) is 7.79. The molecule has 1 fully saturated rings. The lowest BCUT2D eigenvalue weighted by Crippen LogP contribution is -2.46. The monoisotopic (exact) mass is 411 g/mol. The van der Waals surface area contributed by atoms with Gasteiger partial charge in [-0.3, -0.25) is 4.90 Å². The van der Waals surface area contributed by atoms with Crippen LogP contribution in [-0.4, -0.2) is 65.6 Å². The number of piperazine rings is 1. The largest absolute Gasteiger partial charge is 0.461 e. The summed E-state index contributed by atoms with van der Waals surface area (Å²) in [6.45, 7) is 6.31. The molecule has 0 spiro atoms. The molecule has 4 heterocycles. The Morgan fingerprint density at radius 2 is 1.97 bits per heavy atom. The molecule has 10 nitrogen and oxygen atoms in total. The lowest BCUT2D eigenvalue weighted by molar-refractivity contribution is 0.0517. The number of benzene rings is 1. The summed E-state index contributed by atoms with van der Waals surface area (Å²) in [5, 5.41) is 4.36. The summed E-state index contributed by atoms with van der Waals surface area (Å²) in [4.78, 5) is 25.2. The van der Waals surface area contributed by atoms with E-state index in [9.17, 15) is 4.79 Å². The summed E-state index contributed by atoms with van der Waals surface area (Å²) < 4.78 is 21.2. The Labute approximate surface area is 172 Å². The van der Waals surface area contributed by atoms with E-state index in [4.69, 9.17) is 18.7 Å². The van der Waals surface area contributed by atoms with Crippen molar-refractivity contribution in [2.75, 3.05) is 44.5 Å². The fourth-order valence-corrected chi connectivity index (χ4v) is 3.77. The topological polar surface area (TPSA) is 103 Å². The fourth-order valence-electron chi connectivity index (χ4n) is 3.77. The van der Waals surface area contributed by atoms with Crippen molar-refractivity contribution in [2.45, 2.75) is 13.5 Å². The lowest BCUT2D eigenvalue weighted by atomic mass is 10.1. The zero-order chi connectivity index (χ0) is 20.5. The van der Waals surface area contributed by atoms with Crippen LogP contribution in [0.15, 0.2) is 29.0 Å². The third-order valence-electron chi connectivity index (χ3n) is 5.24. The van der Waals surface area contributed by atoms with Crippen LogP contribution in [0.2, 0.25) is 0 Å². The van der Waals surface area contributed by atoms with Gasteiger partial charge in [0.15, 0.2) is 11.5 Å². The average Bonchev–Trinajstić information content (AvgIpc) is 3.41. The standard InChI is InChI=1S/C20H21N5O5/c1-2-27-20(26)17-16-18(21-11-22-19(16)30-23-17)25-7-5-24(6-8-25)10-13-3-4-14-15(9-13)29-12-28-14/h3-4,9,11H,2,5-8,10,12H2,1H3. The number of rotatable bonds is 5. The van der Waals surface area contributed by atoms with Gasteiger partial charge in [0.05, 0.1) is 6.61 Å². The minimum absolute atomic E-state index is 0.116. The minimum Gasteiger partial charge on any atom is -0.461 e. The van der Waals surface area contributed by atoms with Crippen molar-refractivity contribution in [3.05, 3.63) is 35.8 Å². The highest BCUT2D eigenvalue weighted by molar-refractivity contribution is 6.04. The first kappa shape index (κ1) is 18.6. The van der Waals surface area contributed by atoms with E-state index in [1.807, 2.05) is 12.1 Å². The molecule has 10 heteroatoms. The van der Waals surface area contributed by atoms with E-state index in [2.05, 4.69) is 31.0 Å². The van der Waals surface area contributed by atoms with Gasteiger partial charge in [-0.1, -0.05) is 11.2 Å². The van der Waals surface area contributed by atoms with Crippen LogP contribution in [-0.2, 0) is 11.3 Å². The number of fused-ring (bicyclic) bond motifs is 2. The molecule has 2 aromatic heterocycles. The quantitative estimate of drug-likeness (QED) is 0.578. The van der Waals surface area contributed by atoms with Crippen LogP contribution in [0.1, 0.15) is 23.0 Å². The van der Waals surface area contributed by atoms with Crippen molar-refractivity contribution >= 4 is 22.9 Å². The van der Waals surface area contributed by atoms with E-state index >= 15 is 0 Å². The van der Waals surface area contributed by atoms with E-state index in [1.165, 1.54) is 11.9 Å². The normalized spacial score (nSPS) is 16.2. The zero-order valence-corrected chi connectivity index (χ0v) is 16.5. The minimum atomic E-state index is -0.534. The van der Waals surface area contributed by atoms with Gasteiger partial charge < -0.3 is 23.6 Å². The van der Waals surface area contributed by atoms with Crippen molar-refractivity contribution in [2.24, 2.45) is 0 Å². The lowest BCUT2D eigenvalue weighted by Gasteiger charge is -2.35. The molecule has 3 aromatic rings. The van der Waals surface area contributed by atoms with Crippen LogP contribution in [0.5, 0.6) is 11.5 Å². The van der Waals surface area contributed by atoms with Gasteiger partial charge in [-0.05, 0) is 24.6 Å². The summed E-state index contributed by atoms with van der Waals surface area (Å²) in [5.74, 6) is 1.71. The number of carbonyl (C=O) groups is 1. The summed E-state index contributed by atoms with van der Waals surface area (Å²) in [6, 6.07) is 6.05. The predicted molar refractivity (Wildman–Crippen MR) is 106 cm³/mol.